The Balaban J connectivity index is 1.53. The maximum Gasteiger partial charge on any atom is 0.334 e. The maximum absolute atomic E-state index is 12.5. The van der Waals surface area contributed by atoms with Crippen molar-refractivity contribution >= 4 is 11.9 Å². The van der Waals surface area contributed by atoms with E-state index in [0.717, 1.165) is 0 Å². The van der Waals surface area contributed by atoms with Crippen LogP contribution >= 0.6 is 0 Å². The van der Waals surface area contributed by atoms with Crippen LogP contribution in [0, 0.1) is 17.8 Å². The summed E-state index contributed by atoms with van der Waals surface area (Å²) in [7, 11) is 0. The minimum absolute atomic E-state index is 0.263. The highest BCUT2D eigenvalue weighted by atomic mass is 16.6. The quantitative estimate of drug-likeness (QED) is 0.387. The third-order valence-corrected chi connectivity index (χ3v) is 7.28. The van der Waals surface area contributed by atoms with Gasteiger partial charge in [-0.15, -0.1) is 0 Å². The Morgan fingerprint density at radius 3 is 2.79 bits per heavy atom. The van der Waals surface area contributed by atoms with Crippen molar-refractivity contribution in [3.8, 4) is 0 Å². The number of esters is 2. The summed E-state index contributed by atoms with van der Waals surface area (Å²) in [6, 6.07) is 0. The van der Waals surface area contributed by atoms with E-state index in [2.05, 4.69) is 6.58 Å². The first-order chi connectivity index (χ1) is 13.2. The van der Waals surface area contributed by atoms with Gasteiger partial charge in [-0.2, -0.15) is 0 Å². The Morgan fingerprint density at radius 2 is 2.14 bits per heavy atom. The van der Waals surface area contributed by atoms with E-state index < -0.39 is 47.4 Å². The van der Waals surface area contributed by atoms with Gasteiger partial charge in [0.25, 0.3) is 0 Å². The molecule has 5 aliphatic rings. The molecular formula is C20H24O8. The van der Waals surface area contributed by atoms with E-state index in [0.29, 0.717) is 13.0 Å². The molecular weight excluding hydrogens is 368 g/mol. The fraction of sp³-hybridized carbons (Fsp3) is 0.700. The molecule has 2 saturated carbocycles. The highest BCUT2D eigenvalue weighted by Crippen LogP contribution is 2.67. The lowest BCUT2D eigenvalue weighted by Crippen LogP contribution is -2.44. The zero-order chi connectivity index (χ0) is 20.0. The molecule has 0 unspecified atom stereocenters. The molecule has 152 valence electrons. The summed E-state index contributed by atoms with van der Waals surface area (Å²) >= 11 is 0. The normalized spacial score (nSPS) is 51.1. The predicted octanol–water partition coefficient (Wildman–Crippen LogP) is -0.128. The lowest BCUT2D eigenvalue weighted by Gasteiger charge is -2.33. The fourth-order valence-corrected chi connectivity index (χ4v) is 5.75. The van der Waals surface area contributed by atoms with Gasteiger partial charge >= 0.3 is 11.9 Å². The molecule has 0 amide bonds. The largest absolute Gasteiger partial charge is 0.458 e. The Bertz CT molecular complexity index is 798. The molecule has 0 aromatic carbocycles. The molecule has 8 heteroatoms. The number of carbonyl (C=O) groups excluding carboxylic acids is 2. The molecule has 0 radical (unpaired) electrons. The van der Waals surface area contributed by atoms with Crippen molar-refractivity contribution in [1.82, 2.24) is 0 Å². The van der Waals surface area contributed by atoms with Gasteiger partial charge < -0.3 is 29.2 Å². The van der Waals surface area contributed by atoms with E-state index in [1.807, 2.05) is 6.92 Å². The molecule has 28 heavy (non-hydrogen) atoms. The van der Waals surface area contributed by atoms with Crippen molar-refractivity contribution in [3.63, 3.8) is 0 Å². The van der Waals surface area contributed by atoms with Gasteiger partial charge in [-0.1, -0.05) is 6.58 Å². The SMILES string of the molecule is C=C1C(=O)O[C@H]2[C@H]1[C@H](OC(=O)/C(C)=C/CO)C[C@]1(CO1)[C@@H]1[C@H](O)[C@H]3O[C@@]3(C)[C@H]21. The van der Waals surface area contributed by atoms with Crippen molar-refractivity contribution in [2.45, 2.75) is 55.9 Å². The third-order valence-electron chi connectivity index (χ3n) is 7.28. The number of aliphatic hydroxyl groups excluding tert-OH is 2. The van der Waals surface area contributed by atoms with E-state index in [9.17, 15) is 14.7 Å². The third kappa shape index (κ3) is 2.26. The average Bonchev–Trinajstić information content (AvgIpc) is 3.52. The molecule has 9 atom stereocenters. The summed E-state index contributed by atoms with van der Waals surface area (Å²) in [6.45, 7) is 7.56. The molecule has 3 saturated heterocycles. The van der Waals surface area contributed by atoms with Gasteiger partial charge in [0, 0.05) is 29.4 Å². The summed E-state index contributed by atoms with van der Waals surface area (Å²) in [5, 5.41) is 19.9. The molecule has 3 aliphatic heterocycles. The summed E-state index contributed by atoms with van der Waals surface area (Å²) in [6.07, 6.45) is -0.585. The molecule has 3 heterocycles. The maximum atomic E-state index is 12.5. The van der Waals surface area contributed by atoms with E-state index >= 15 is 0 Å². The average molecular weight is 392 g/mol. The van der Waals surface area contributed by atoms with Gasteiger partial charge in [-0.05, 0) is 19.9 Å². The molecule has 5 rings (SSSR count). The van der Waals surface area contributed by atoms with Gasteiger partial charge in [0.05, 0.1) is 25.2 Å². The molecule has 5 fully saturated rings. The van der Waals surface area contributed by atoms with Crippen molar-refractivity contribution in [2.24, 2.45) is 17.8 Å². The summed E-state index contributed by atoms with van der Waals surface area (Å²) in [5.41, 5.74) is -0.670. The van der Waals surface area contributed by atoms with Crippen LogP contribution in [0.3, 0.4) is 0 Å². The van der Waals surface area contributed by atoms with Crippen molar-refractivity contribution in [3.05, 3.63) is 23.8 Å². The number of aliphatic hydroxyl groups is 2. The minimum atomic E-state index is -0.726. The van der Waals surface area contributed by atoms with Gasteiger partial charge in [-0.3, -0.25) is 0 Å². The van der Waals surface area contributed by atoms with Crippen LogP contribution in [0.1, 0.15) is 20.3 Å². The Kier molecular flexibility index (Phi) is 3.70. The number of epoxide rings is 2. The van der Waals surface area contributed by atoms with Crippen LogP contribution in [-0.2, 0) is 28.5 Å². The molecule has 2 N–H and O–H groups in total. The number of fused-ring (bicyclic) bond motifs is 6. The second kappa shape index (κ2) is 5.66. The van der Waals surface area contributed by atoms with Crippen molar-refractivity contribution in [1.29, 1.82) is 0 Å². The van der Waals surface area contributed by atoms with Crippen LogP contribution in [0.5, 0.6) is 0 Å². The van der Waals surface area contributed by atoms with Gasteiger partial charge in [-0.25, -0.2) is 9.59 Å². The van der Waals surface area contributed by atoms with Crippen LogP contribution in [-0.4, -0.2) is 71.0 Å². The molecule has 0 aromatic heterocycles. The van der Waals surface area contributed by atoms with Gasteiger partial charge in [0.1, 0.15) is 29.5 Å². The topological polar surface area (TPSA) is 118 Å². The van der Waals surface area contributed by atoms with E-state index in [4.69, 9.17) is 24.1 Å². The zero-order valence-corrected chi connectivity index (χ0v) is 15.8. The number of hydrogen-bond donors (Lipinski definition) is 2. The number of ether oxygens (including phenoxy) is 4. The minimum Gasteiger partial charge on any atom is -0.458 e. The first-order valence-electron chi connectivity index (χ1n) is 9.62. The van der Waals surface area contributed by atoms with Crippen LogP contribution in [0.25, 0.3) is 0 Å². The number of carbonyl (C=O) groups is 2. The van der Waals surface area contributed by atoms with E-state index in [1.165, 1.54) is 6.08 Å². The Morgan fingerprint density at radius 1 is 1.43 bits per heavy atom. The first kappa shape index (κ1) is 18.3. The molecule has 1 spiro atoms. The standard InChI is InChI=1S/C20H24O8/c1-8(4-5-21)17(23)26-10-6-20(7-25-20)12-13(19(3)16(28-19)14(12)22)15-11(10)9(2)18(24)27-15/h4,10-16,21-22H,2,5-7H2,1,3H3/b8-4+/t10-,11-,12+,13+,14+,15+,16-,19+,20+/m1/s1. The highest BCUT2D eigenvalue weighted by molar-refractivity contribution is 5.91. The second-order valence-corrected chi connectivity index (χ2v) is 8.76. The van der Waals surface area contributed by atoms with Gasteiger partial charge in [0.15, 0.2) is 0 Å². The van der Waals surface area contributed by atoms with Crippen molar-refractivity contribution in [2.75, 3.05) is 13.2 Å². The van der Waals surface area contributed by atoms with Crippen LogP contribution in [0.2, 0.25) is 0 Å². The summed E-state index contributed by atoms with van der Waals surface area (Å²) < 4.78 is 23.1. The summed E-state index contributed by atoms with van der Waals surface area (Å²) in [5.74, 6) is -2.13. The second-order valence-electron chi connectivity index (χ2n) is 8.76. The van der Waals surface area contributed by atoms with Crippen molar-refractivity contribution < 1.29 is 38.7 Å². The summed E-state index contributed by atoms with van der Waals surface area (Å²) in [4.78, 5) is 24.8. The van der Waals surface area contributed by atoms with Crippen LogP contribution in [0.15, 0.2) is 23.8 Å². The smallest absolute Gasteiger partial charge is 0.334 e. The Labute approximate surface area is 162 Å². The zero-order valence-electron chi connectivity index (χ0n) is 15.8. The monoisotopic (exact) mass is 392 g/mol. The fourth-order valence-electron chi connectivity index (χ4n) is 5.75. The van der Waals surface area contributed by atoms with E-state index in [1.54, 1.807) is 6.92 Å². The number of rotatable bonds is 3. The number of hydrogen-bond acceptors (Lipinski definition) is 8. The molecule has 0 bridgehead atoms. The van der Waals surface area contributed by atoms with Crippen LogP contribution in [0.4, 0.5) is 0 Å². The van der Waals surface area contributed by atoms with Gasteiger partial charge in [0.2, 0.25) is 0 Å². The Hall–Kier alpha value is -1.74. The van der Waals surface area contributed by atoms with Crippen LogP contribution < -0.4 is 0 Å². The highest BCUT2D eigenvalue weighted by Gasteiger charge is 2.81. The van der Waals surface area contributed by atoms with E-state index in [-0.39, 0.29) is 35.7 Å². The lowest BCUT2D eigenvalue weighted by molar-refractivity contribution is -0.149. The molecule has 0 aromatic rings. The molecule has 2 aliphatic carbocycles. The lowest BCUT2D eigenvalue weighted by atomic mass is 9.76. The molecule has 8 nitrogen and oxygen atoms in total. The predicted molar refractivity (Wildman–Crippen MR) is 92.8 cm³/mol. The first-order valence-corrected chi connectivity index (χ1v) is 9.62.